The predicted molar refractivity (Wildman–Crippen MR) is 50.7 cm³/mol. The molecule has 3 N–H and O–H groups in total. The van der Waals surface area contributed by atoms with E-state index in [9.17, 15) is 9.36 Å². The first-order chi connectivity index (χ1) is 6.31. The molecule has 0 aromatic carbocycles. The zero-order valence-corrected chi connectivity index (χ0v) is 9.16. The summed E-state index contributed by atoms with van der Waals surface area (Å²) in [4.78, 5) is 27.8. The number of ether oxygens (including phenoxy) is 1. The third-order valence-electron chi connectivity index (χ3n) is 1.16. The molecule has 0 spiro atoms. The van der Waals surface area contributed by atoms with E-state index in [0.29, 0.717) is 6.61 Å². The molecule has 0 saturated heterocycles. The number of esters is 1. The van der Waals surface area contributed by atoms with Crippen LogP contribution in [-0.2, 0) is 14.1 Å². The largest absolute Gasteiger partial charge is 0.464 e. The summed E-state index contributed by atoms with van der Waals surface area (Å²) in [5.74, 6) is -0.257. The van der Waals surface area contributed by atoms with Gasteiger partial charge in [0, 0.05) is 0 Å². The van der Waals surface area contributed by atoms with Crippen LogP contribution in [0.1, 0.15) is 13.8 Å². The first kappa shape index (κ1) is 13.6. The van der Waals surface area contributed by atoms with E-state index in [0.717, 1.165) is 0 Å². The number of hydrogen-bond donors (Lipinski definition) is 3. The molecule has 0 aliphatic rings. The van der Waals surface area contributed by atoms with Gasteiger partial charge in [0.15, 0.2) is 0 Å². The molecule has 0 rings (SSSR count). The Morgan fingerprint density at radius 1 is 1.50 bits per heavy atom. The summed E-state index contributed by atoms with van der Waals surface area (Å²) in [6.45, 7) is 3.93. The number of carbonyl (C=O) groups is 1. The van der Waals surface area contributed by atoms with Crippen LogP contribution in [0.15, 0.2) is 0 Å². The van der Waals surface area contributed by atoms with E-state index in [2.05, 4.69) is 5.32 Å². The second-order valence-electron chi connectivity index (χ2n) is 3.33. The fraction of sp³-hybridized carbons (Fsp3) is 0.857. The standard InChI is InChI=1S/C7H16NO5P/c1-6(2)4-13-7(9)3-8-5-14(10,11)12/h6,8H,3-5H2,1-2H3,(H2,10,11,12). The van der Waals surface area contributed by atoms with E-state index >= 15 is 0 Å². The van der Waals surface area contributed by atoms with Gasteiger partial charge in [-0.25, -0.2) is 0 Å². The van der Waals surface area contributed by atoms with Crippen molar-refractivity contribution in [1.82, 2.24) is 5.32 Å². The van der Waals surface area contributed by atoms with Gasteiger partial charge in [-0.3, -0.25) is 14.7 Å². The van der Waals surface area contributed by atoms with E-state index in [-0.39, 0.29) is 12.5 Å². The lowest BCUT2D eigenvalue weighted by atomic mass is 10.2. The Morgan fingerprint density at radius 3 is 2.50 bits per heavy atom. The molecule has 14 heavy (non-hydrogen) atoms. The molecular formula is C7H16NO5P. The number of rotatable bonds is 6. The first-order valence-electron chi connectivity index (χ1n) is 4.22. The molecule has 0 aliphatic heterocycles. The van der Waals surface area contributed by atoms with Crippen LogP contribution < -0.4 is 5.32 Å². The Bertz CT molecular complexity index is 224. The SMILES string of the molecule is CC(C)COC(=O)CNCP(=O)(O)O. The van der Waals surface area contributed by atoms with Crippen molar-refractivity contribution in [2.75, 3.05) is 19.4 Å². The molecule has 0 radical (unpaired) electrons. The molecule has 0 bridgehead atoms. The van der Waals surface area contributed by atoms with E-state index in [1.165, 1.54) is 0 Å². The van der Waals surface area contributed by atoms with Crippen LogP contribution in [0.4, 0.5) is 0 Å². The fourth-order valence-electron chi connectivity index (χ4n) is 0.614. The Kier molecular flexibility index (Phi) is 5.95. The molecule has 0 aliphatic carbocycles. The molecule has 7 heteroatoms. The van der Waals surface area contributed by atoms with E-state index < -0.39 is 19.9 Å². The summed E-state index contributed by atoms with van der Waals surface area (Å²) in [6.07, 6.45) is -0.510. The second kappa shape index (κ2) is 6.14. The molecule has 0 fully saturated rings. The van der Waals surface area contributed by atoms with Gasteiger partial charge in [-0.2, -0.15) is 0 Å². The number of carbonyl (C=O) groups excluding carboxylic acids is 1. The van der Waals surface area contributed by atoms with Crippen molar-refractivity contribution in [2.45, 2.75) is 13.8 Å². The predicted octanol–water partition coefficient (Wildman–Crippen LogP) is -0.0896. The molecule has 6 nitrogen and oxygen atoms in total. The van der Waals surface area contributed by atoms with Crippen molar-refractivity contribution in [3.8, 4) is 0 Å². The minimum absolute atomic E-state index is 0.183. The molecule has 0 aromatic rings. The maximum Gasteiger partial charge on any atom is 0.339 e. The summed E-state index contributed by atoms with van der Waals surface area (Å²) in [5, 5.41) is 2.31. The quantitative estimate of drug-likeness (QED) is 0.432. The lowest BCUT2D eigenvalue weighted by molar-refractivity contribution is -0.143. The molecule has 0 unspecified atom stereocenters. The summed E-state index contributed by atoms with van der Waals surface area (Å²) in [5.41, 5.74) is 0. The van der Waals surface area contributed by atoms with Crippen LogP contribution in [0.2, 0.25) is 0 Å². The molecule has 0 amide bonds. The van der Waals surface area contributed by atoms with Gasteiger partial charge in [0.25, 0.3) is 0 Å². The highest BCUT2D eigenvalue weighted by Gasteiger charge is 2.13. The van der Waals surface area contributed by atoms with Crippen LogP contribution >= 0.6 is 7.60 Å². The third kappa shape index (κ3) is 9.67. The average molecular weight is 225 g/mol. The summed E-state index contributed by atoms with van der Waals surface area (Å²) < 4.78 is 15.1. The summed E-state index contributed by atoms with van der Waals surface area (Å²) >= 11 is 0. The monoisotopic (exact) mass is 225 g/mol. The van der Waals surface area contributed by atoms with Crippen molar-refractivity contribution in [1.29, 1.82) is 0 Å². The van der Waals surface area contributed by atoms with Crippen molar-refractivity contribution >= 4 is 13.6 Å². The van der Waals surface area contributed by atoms with Gasteiger partial charge in [0.1, 0.15) is 0 Å². The zero-order chi connectivity index (χ0) is 11.2. The molecule has 0 heterocycles. The number of nitrogens with one attached hydrogen (secondary N) is 1. The lowest BCUT2D eigenvalue weighted by Crippen LogP contribution is -2.26. The minimum Gasteiger partial charge on any atom is -0.464 e. The highest BCUT2D eigenvalue weighted by atomic mass is 31.2. The second-order valence-corrected chi connectivity index (χ2v) is 4.97. The third-order valence-corrected chi connectivity index (χ3v) is 1.80. The highest BCUT2D eigenvalue weighted by Crippen LogP contribution is 2.31. The smallest absolute Gasteiger partial charge is 0.339 e. The van der Waals surface area contributed by atoms with Gasteiger partial charge in [0.05, 0.1) is 19.4 Å². The first-order valence-corrected chi connectivity index (χ1v) is 6.02. The fourth-order valence-corrected chi connectivity index (χ4v) is 1.02. The Labute approximate surface area is 82.8 Å². The highest BCUT2D eigenvalue weighted by molar-refractivity contribution is 7.51. The summed E-state index contributed by atoms with van der Waals surface area (Å²) in [6, 6.07) is 0. The van der Waals surface area contributed by atoms with Crippen molar-refractivity contribution < 1.29 is 23.9 Å². The maximum atomic E-state index is 10.9. The molecule has 0 saturated carbocycles. The Hall–Kier alpha value is -0.420. The molecular weight excluding hydrogens is 209 g/mol. The van der Waals surface area contributed by atoms with Gasteiger partial charge in [-0.1, -0.05) is 13.8 Å². The normalized spacial score (nSPS) is 11.8. The zero-order valence-electron chi connectivity index (χ0n) is 8.27. The van der Waals surface area contributed by atoms with Gasteiger partial charge >= 0.3 is 13.6 Å². The lowest BCUT2D eigenvalue weighted by Gasteiger charge is -2.08. The Morgan fingerprint density at radius 2 is 2.07 bits per heavy atom. The minimum atomic E-state index is -4.08. The van der Waals surface area contributed by atoms with Crippen molar-refractivity contribution in [2.24, 2.45) is 5.92 Å². The topological polar surface area (TPSA) is 95.9 Å². The van der Waals surface area contributed by atoms with E-state index in [4.69, 9.17) is 14.5 Å². The Balaban J connectivity index is 3.50. The van der Waals surface area contributed by atoms with Crippen LogP contribution in [0, 0.1) is 5.92 Å². The van der Waals surface area contributed by atoms with E-state index in [1.54, 1.807) is 0 Å². The van der Waals surface area contributed by atoms with Gasteiger partial charge in [-0.15, -0.1) is 0 Å². The maximum absolute atomic E-state index is 10.9. The molecule has 0 atom stereocenters. The molecule has 0 aromatic heterocycles. The number of hydrogen-bond acceptors (Lipinski definition) is 4. The van der Waals surface area contributed by atoms with E-state index in [1.807, 2.05) is 13.8 Å². The van der Waals surface area contributed by atoms with Crippen molar-refractivity contribution in [3.63, 3.8) is 0 Å². The van der Waals surface area contributed by atoms with Crippen LogP contribution in [-0.4, -0.2) is 35.2 Å². The van der Waals surface area contributed by atoms with Gasteiger partial charge < -0.3 is 14.5 Å². The summed E-state index contributed by atoms with van der Waals surface area (Å²) in [7, 11) is -4.08. The van der Waals surface area contributed by atoms with Crippen molar-refractivity contribution in [3.05, 3.63) is 0 Å². The van der Waals surface area contributed by atoms with Crippen LogP contribution in [0.5, 0.6) is 0 Å². The van der Waals surface area contributed by atoms with Gasteiger partial charge in [0.2, 0.25) is 0 Å². The van der Waals surface area contributed by atoms with Crippen LogP contribution in [0.25, 0.3) is 0 Å². The van der Waals surface area contributed by atoms with Crippen LogP contribution in [0.3, 0.4) is 0 Å². The average Bonchev–Trinajstić information content (AvgIpc) is 1.98. The molecule has 84 valence electrons. The van der Waals surface area contributed by atoms with Gasteiger partial charge in [-0.05, 0) is 5.92 Å².